The van der Waals surface area contributed by atoms with Gasteiger partial charge in [0.1, 0.15) is 5.75 Å². The molecule has 1 atom stereocenters. The number of hydrogen-bond donors (Lipinski definition) is 1. The van der Waals surface area contributed by atoms with Gasteiger partial charge in [-0.25, -0.2) is 5.90 Å². The van der Waals surface area contributed by atoms with Gasteiger partial charge in [-0.15, -0.1) is 11.8 Å². The van der Waals surface area contributed by atoms with Gasteiger partial charge in [0.05, 0.1) is 13.7 Å². The number of fused-ring (bicyclic) bond motifs is 1. The predicted molar refractivity (Wildman–Crippen MR) is 56.5 cm³/mol. The first-order chi connectivity index (χ1) is 6.83. The number of nitrogens with two attached hydrogens (primary N) is 1. The van der Waals surface area contributed by atoms with Crippen molar-refractivity contribution in [2.24, 2.45) is 5.90 Å². The van der Waals surface area contributed by atoms with E-state index < -0.39 is 0 Å². The largest absolute Gasteiger partial charge is 0.497 e. The Morgan fingerprint density at radius 3 is 3.14 bits per heavy atom. The molecule has 0 saturated carbocycles. The number of ether oxygens (including phenoxy) is 1. The molecule has 1 aliphatic rings. The van der Waals surface area contributed by atoms with Gasteiger partial charge in [-0.1, -0.05) is 0 Å². The maximum Gasteiger partial charge on any atom is 0.119 e. The van der Waals surface area contributed by atoms with E-state index in [0.717, 1.165) is 12.2 Å². The molecule has 2 N–H and O–H groups in total. The first-order valence-electron chi connectivity index (χ1n) is 4.48. The Bertz CT molecular complexity index is 330. The lowest BCUT2D eigenvalue weighted by Crippen LogP contribution is -2.14. The van der Waals surface area contributed by atoms with Crippen LogP contribution in [-0.2, 0) is 11.3 Å². The Balaban J connectivity index is 2.14. The quantitative estimate of drug-likeness (QED) is 0.771. The van der Waals surface area contributed by atoms with Crippen LogP contribution in [0.1, 0.15) is 5.56 Å². The Hall–Kier alpha value is -0.710. The highest BCUT2D eigenvalue weighted by Gasteiger charge is 2.22. The minimum Gasteiger partial charge on any atom is -0.497 e. The summed E-state index contributed by atoms with van der Waals surface area (Å²) < 4.78 is 5.17. The molecule has 1 unspecified atom stereocenters. The first kappa shape index (κ1) is 9.83. The molecular formula is C10H13NO2S. The summed E-state index contributed by atoms with van der Waals surface area (Å²) in [5.41, 5.74) is 1.33. The van der Waals surface area contributed by atoms with E-state index in [1.54, 1.807) is 7.11 Å². The van der Waals surface area contributed by atoms with Crippen LogP contribution in [0.3, 0.4) is 0 Å². The fraction of sp³-hybridized carbons (Fsp3) is 0.400. The minimum absolute atomic E-state index is 0.446. The van der Waals surface area contributed by atoms with Gasteiger partial charge in [0.15, 0.2) is 0 Å². The van der Waals surface area contributed by atoms with Gasteiger partial charge in [-0.3, -0.25) is 0 Å². The second kappa shape index (κ2) is 4.21. The van der Waals surface area contributed by atoms with E-state index in [1.807, 2.05) is 17.8 Å². The van der Waals surface area contributed by atoms with Gasteiger partial charge in [-0.2, -0.15) is 0 Å². The second-order valence-electron chi connectivity index (χ2n) is 3.25. The van der Waals surface area contributed by atoms with Crippen LogP contribution >= 0.6 is 11.8 Å². The summed E-state index contributed by atoms with van der Waals surface area (Å²) in [7, 11) is 1.68. The molecule has 0 aliphatic carbocycles. The summed E-state index contributed by atoms with van der Waals surface area (Å²) in [6.07, 6.45) is 1.01. The fourth-order valence-corrected chi connectivity index (χ4v) is 2.83. The second-order valence-corrected chi connectivity index (χ2v) is 4.59. The average molecular weight is 211 g/mol. The predicted octanol–water partition coefficient (Wildman–Crippen LogP) is 1.60. The molecule has 1 aromatic rings. The molecule has 1 heterocycles. The zero-order chi connectivity index (χ0) is 9.97. The maximum atomic E-state index is 5.17. The molecule has 0 bridgehead atoms. The van der Waals surface area contributed by atoms with Crippen LogP contribution in [0.4, 0.5) is 0 Å². The van der Waals surface area contributed by atoms with Crippen molar-refractivity contribution in [3.8, 4) is 5.75 Å². The van der Waals surface area contributed by atoms with E-state index in [4.69, 9.17) is 10.6 Å². The van der Waals surface area contributed by atoms with Crippen molar-refractivity contribution in [1.29, 1.82) is 0 Å². The third-order valence-corrected chi connectivity index (χ3v) is 3.58. The standard InChI is InChI=1S/C10H13NO2S/c1-12-8-2-3-10-7(4-8)5-9(14-10)6-13-11/h2-4,9H,5-6,11H2,1H3. The fourth-order valence-electron chi connectivity index (χ4n) is 1.62. The number of methoxy groups -OCH3 is 1. The van der Waals surface area contributed by atoms with Gasteiger partial charge in [0.2, 0.25) is 0 Å². The highest BCUT2D eigenvalue weighted by atomic mass is 32.2. The molecule has 3 nitrogen and oxygen atoms in total. The Labute approximate surface area is 87.5 Å². The zero-order valence-electron chi connectivity index (χ0n) is 8.03. The van der Waals surface area contributed by atoms with E-state index in [-0.39, 0.29) is 0 Å². The zero-order valence-corrected chi connectivity index (χ0v) is 8.84. The van der Waals surface area contributed by atoms with E-state index in [0.29, 0.717) is 11.9 Å². The number of rotatable bonds is 3. The van der Waals surface area contributed by atoms with Gasteiger partial charge in [-0.05, 0) is 30.2 Å². The van der Waals surface area contributed by atoms with Crippen LogP contribution in [0.25, 0.3) is 0 Å². The molecule has 76 valence electrons. The van der Waals surface area contributed by atoms with Gasteiger partial charge in [0.25, 0.3) is 0 Å². The Morgan fingerprint density at radius 1 is 1.57 bits per heavy atom. The summed E-state index contributed by atoms with van der Waals surface area (Å²) in [5.74, 6) is 5.98. The van der Waals surface area contributed by atoms with Crippen molar-refractivity contribution >= 4 is 11.8 Å². The monoisotopic (exact) mass is 211 g/mol. The van der Waals surface area contributed by atoms with E-state index in [9.17, 15) is 0 Å². The normalized spacial score (nSPS) is 19.4. The van der Waals surface area contributed by atoms with Crippen LogP contribution < -0.4 is 10.6 Å². The van der Waals surface area contributed by atoms with Crippen molar-refractivity contribution in [2.75, 3.05) is 13.7 Å². The molecule has 0 aromatic heterocycles. The summed E-state index contributed by atoms with van der Waals surface area (Å²) in [4.78, 5) is 5.97. The summed E-state index contributed by atoms with van der Waals surface area (Å²) in [6, 6.07) is 6.16. The summed E-state index contributed by atoms with van der Waals surface area (Å²) in [6.45, 7) is 0.599. The van der Waals surface area contributed by atoms with Crippen molar-refractivity contribution in [1.82, 2.24) is 0 Å². The lowest BCUT2D eigenvalue weighted by Gasteiger charge is -2.03. The molecule has 1 aliphatic heterocycles. The molecule has 2 rings (SSSR count). The average Bonchev–Trinajstić information content (AvgIpc) is 2.59. The topological polar surface area (TPSA) is 44.5 Å². The lowest BCUT2D eigenvalue weighted by molar-refractivity contribution is 0.139. The van der Waals surface area contributed by atoms with Gasteiger partial charge < -0.3 is 9.57 Å². The number of thioether (sulfide) groups is 1. The van der Waals surface area contributed by atoms with Crippen molar-refractivity contribution in [2.45, 2.75) is 16.6 Å². The van der Waals surface area contributed by atoms with E-state index in [2.05, 4.69) is 17.0 Å². The SMILES string of the molecule is COc1ccc2c(c1)CC(CON)S2. The van der Waals surface area contributed by atoms with Crippen LogP contribution in [0, 0.1) is 0 Å². The van der Waals surface area contributed by atoms with E-state index >= 15 is 0 Å². The number of benzene rings is 1. The molecule has 0 fully saturated rings. The third-order valence-electron chi connectivity index (χ3n) is 2.29. The smallest absolute Gasteiger partial charge is 0.119 e. The van der Waals surface area contributed by atoms with Gasteiger partial charge >= 0.3 is 0 Å². The Morgan fingerprint density at radius 2 is 2.43 bits per heavy atom. The molecule has 1 aromatic carbocycles. The third kappa shape index (κ3) is 1.87. The molecule has 0 amide bonds. The van der Waals surface area contributed by atoms with Crippen LogP contribution in [0.2, 0.25) is 0 Å². The molecule has 4 heteroatoms. The maximum absolute atomic E-state index is 5.17. The van der Waals surface area contributed by atoms with E-state index in [1.165, 1.54) is 10.5 Å². The summed E-state index contributed by atoms with van der Waals surface area (Å²) >= 11 is 1.82. The van der Waals surface area contributed by atoms with Crippen LogP contribution in [-0.4, -0.2) is 19.0 Å². The van der Waals surface area contributed by atoms with Crippen molar-refractivity contribution < 1.29 is 9.57 Å². The number of hydrogen-bond acceptors (Lipinski definition) is 4. The van der Waals surface area contributed by atoms with Crippen molar-refractivity contribution in [3.05, 3.63) is 23.8 Å². The molecule has 0 spiro atoms. The Kier molecular flexibility index (Phi) is 2.96. The molecular weight excluding hydrogens is 198 g/mol. The molecule has 14 heavy (non-hydrogen) atoms. The highest BCUT2D eigenvalue weighted by Crippen LogP contribution is 2.38. The summed E-state index contributed by atoms with van der Waals surface area (Å²) in [5, 5.41) is 0.446. The minimum atomic E-state index is 0.446. The van der Waals surface area contributed by atoms with Gasteiger partial charge in [0, 0.05) is 10.1 Å². The van der Waals surface area contributed by atoms with Crippen LogP contribution in [0.5, 0.6) is 5.75 Å². The van der Waals surface area contributed by atoms with Crippen molar-refractivity contribution in [3.63, 3.8) is 0 Å². The highest BCUT2D eigenvalue weighted by molar-refractivity contribution is 8.00. The lowest BCUT2D eigenvalue weighted by atomic mass is 10.1. The first-order valence-corrected chi connectivity index (χ1v) is 5.36. The molecule has 0 radical (unpaired) electrons. The van der Waals surface area contributed by atoms with Crippen LogP contribution in [0.15, 0.2) is 23.1 Å². The molecule has 0 saturated heterocycles.